The minimum Gasteiger partial charge on any atom is -0.409 e. The lowest BCUT2D eigenvalue weighted by Crippen LogP contribution is -2.23. The summed E-state index contributed by atoms with van der Waals surface area (Å²) in [6, 6.07) is 4.29. The van der Waals surface area contributed by atoms with Crippen molar-refractivity contribution in [2.75, 3.05) is 27.3 Å². The highest BCUT2D eigenvalue weighted by Gasteiger charge is 2.10. The van der Waals surface area contributed by atoms with Crippen LogP contribution in [0.3, 0.4) is 0 Å². The molecule has 6 heteroatoms. The van der Waals surface area contributed by atoms with Gasteiger partial charge in [0.2, 0.25) is 0 Å². The van der Waals surface area contributed by atoms with Crippen LogP contribution in [0, 0.1) is 5.82 Å². The molecule has 5 nitrogen and oxygen atoms in total. The molecule has 0 spiro atoms. The maximum Gasteiger partial charge on any atom is 0.170 e. The third-order valence-electron chi connectivity index (χ3n) is 2.78. The summed E-state index contributed by atoms with van der Waals surface area (Å²) in [6.07, 6.45) is 0.910. The highest BCUT2D eigenvalue weighted by molar-refractivity contribution is 5.98. The van der Waals surface area contributed by atoms with Crippen molar-refractivity contribution in [2.45, 2.75) is 13.0 Å². The van der Waals surface area contributed by atoms with Crippen LogP contribution in [-0.2, 0) is 11.3 Å². The number of hydrogen-bond acceptors (Lipinski definition) is 4. The first-order valence-corrected chi connectivity index (χ1v) is 6.02. The Morgan fingerprint density at radius 3 is 2.89 bits per heavy atom. The predicted octanol–water partition coefficient (Wildman–Crippen LogP) is 1.39. The fraction of sp³-hybridized carbons (Fsp3) is 0.462. The van der Waals surface area contributed by atoms with Gasteiger partial charge in [-0.15, -0.1) is 0 Å². The number of amidine groups is 1. The third kappa shape index (κ3) is 4.84. The lowest BCUT2D eigenvalue weighted by Gasteiger charge is -2.18. The van der Waals surface area contributed by atoms with E-state index in [1.54, 1.807) is 13.2 Å². The van der Waals surface area contributed by atoms with Crippen LogP contribution in [0.25, 0.3) is 0 Å². The molecule has 0 unspecified atom stereocenters. The van der Waals surface area contributed by atoms with E-state index in [0.717, 1.165) is 18.5 Å². The van der Waals surface area contributed by atoms with Crippen molar-refractivity contribution in [3.63, 3.8) is 0 Å². The fourth-order valence-electron chi connectivity index (χ4n) is 1.83. The van der Waals surface area contributed by atoms with Gasteiger partial charge in [-0.2, -0.15) is 0 Å². The van der Waals surface area contributed by atoms with Crippen LogP contribution in [0.2, 0.25) is 0 Å². The van der Waals surface area contributed by atoms with Gasteiger partial charge in [-0.25, -0.2) is 4.39 Å². The average Bonchev–Trinajstić information content (AvgIpc) is 2.40. The molecule has 0 heterocycles. The van der Waals surface area contributed by atoms with Gasteiger partial charge >= 0.3 is 0 Å². The quantitative estimate of drug-likeness (QED) is 0.258. The maximum atomic E-state index is 13.2. The van der Waals surface area contributed by atoms with Crippen LogP contribution in [0.1, 0.15) is 17.5 Å². The molecule has 0 amide bonds. The smallest absolute Gasteiger partial charge is 0.170 e. The molecular formula is C13H20FN3O2. The van der Waals surface area contributed by atoms with Gasteiger partial charge in [0.05, 0.1) is 0 Å². The first-order valence-electron chi connectivity index (χ1n) is 6.02. The number of benzene rings is 1. The molecule has 1 rings (SSSR count). The summed E-state index contributed by atoms with van der Waals surface area (Å²) in [5.41, 5.74) is 6.79. The molecule has 19 heavy (non-hydrogen) atoms. The number of nitrogens with zero attached hydrogens (tertiary/aromatic N) is 2. The standard InChI is InChI=1S/C13H20FN3O2/c1-17(6-3-7-19-2)9-10-4-5-11(14)8-12(10)13(15)16-18/h4-5,8,18H,3,6-7,9H2,1-2H3,(H2,15,16). The van der Waals surface area contributed by atoms with Crippen LogP contribution >= 0.6 is 0 Å². The van der Waals surface area contributed by atoms with Crippen molar-refractivity contribution in [3.8, 4) is 0 Å². The van der Waals surface area contributed by atoms with Crippen molar-refractivity contribution in [1.29, 1.82) is 0 Å². The zero-order valence-electron chi connectivity index (χ0n) is 11.3. The maximum absolute atomic E-state index is 13.2. The Morgan fingerprint density at radius 1 is 1.53 bits per heavy atom. The number of nitrogens with two attached hydrogens (primary N) is 1. The first kappa shape index (κ1) is 15.4. The normalized spacial score (nSPS) is 12.1. The molecular weight excluding hydrogens is 249 g/mol. The summed E-state index contributed by atoms with van der Waals surface area (Å²) in [4.78, 5) is 2.07. The van der Waals surface area contributed by atoms with Crippen molar-refractivity contribution in [1.82, 2.24) is 4.90 Å². The van der Waals surface area contributed by atoms with E-state index in [0.29, 0.717) is 18.7 Å². The Kier molecular flexibility index (Phi) is 6.24. The molecule has 0 aliphatic carbocycles. The fourth-order valence-corrected chi connectivity index (χ4v) is 1.83. The third-order valence-corrected chi connectivity index (χ3v) is 2.78. The summed E-state index contributed by atoms with van der Waals surface area (Å²) in [6.45, 7) is 2.14. The predicted molar refractivity (Wildman–Crippen MR) is 71.7 cm³/mol. The topological polar surface area (TPSA) is 71.1 Å². The highest BCUT2D eigenvalue weighted by Crippen LogP contribution is 2.13. The van der Waals surface area contributed by atoms with Gasteiger partial charge in [0.1, 0.15) is 5.82 Å². The largest absolute Gasteiger partial charge is 0.409 e. The molecule has 0 aliphatic heterocycles. The lowest BCUT2D eigenvalue weighted by molar-refractivity contribution is 0.178. The molecule has 0 fully saturated rings. The Labute approximate surface area is 112 Å². The monoisotopic (exact) mass is 269 g/mol. The van der Waals surface area contributed by atoms with E-state index in [4.69, 9.17) is 15.7 Å². The number of methoxy groups -OCH3 is 1. The molecule has 1 aromatic carbocycles. The number of hydrogen-bond donors (Lipinski definition) is 2. The van der Waals surface area contributed by atoms with Gasteiger partial charge in [-0.3, -0.25) is 0 Å². The lowest BCUT2D eigenvalue weighted by atomic mass is 10.1. The highest BCUT2D eigenvalue weighted by atomic mass is 19.1. The van der Waals surface area contributed by atoms with E-state index < -0.39 is 5.82 Å². The molecule has 106 valence electrons. The summed E-state index contributed by atoms with van der Waals surface area (Å²) in [5, 5.41) is 11.7. The van der Waals surface area contributed by atoms with Crippen molar-refractivity contribution in [2.24, 2.45) is 10.9 Å². The second-order valence-electron chi connectivity index (χ2n) is 4.37. The number of rotatable bonds is 7. The van der Waals surface area contributed by atoms with Gasteiger partial charge in [0, 0.05) is 32.4 Å². The summed E-state index contributed by atoms with van der Waals surface area (Å²) in [7, 11) is 3.62. The minimum atomic E-state index is -0.410. The zero-order chi connectivity index (χ0) is 14.3. The van der Waals surface area contributed by atoms with Crippen LogP contribution in [0.15, 0.2) is 23.4 Å². The van der Waals surface area contributed by atoms with Crippen LogP contribution in [0.5, 0.6) is 0 Å². The van der Waals surface area contributed by atoms with Gasteiger partial charge in [-0.05, 0) is 31.2 Å². The van der Waals surface area contributed by atoms with Crippen molar-refractivity contribution in [3.05, 3.63) is 35.1 Å². The second kappa shape index (κ2) is 7.70. The van der Waals surface area contributed by atoms with Crippen LogP contribution in [0.4, 0.5) is 4.39 Å². The summed E-state index contributed by atoms with van der Waals surface area (Å²) in [5.74, 6) is -0.493. The molecule has 3 N–H and O–H groups in total. The van der Waals surface area contributed by atoms with Gasteiger partial charge < -0.3 is 20.6 Å². The SMILES string of the molecule is COCCCN(C)Cc1ccc(F)cc1C(N)=NO. The van der Waals surface area contributed by atoms with Gasteiger partial charge in [-0.1, -0.05) is 11.2 Å². The Morgan fingerprint density at radius 2 is 2.26 bits per heavy atom. The molecule has 0 bridgehead atoms. The molecule has 0 radical (unpaired) electrons. The van der Waals surface area contributed by atoms with E-state index in [2.05, 4.69) is 10.1 Å². The molecule has 0 saturated heterocycles. The van der Waals surface area contributed by atoms with Crippen LogP contribution in [-0.4, -0.2) is 43.3 Å². The average molecular weight is 269 g/mol. The summed E-state index contributed by atoms with van der Waals surface area (Å²) < 4.78 is 18.2. The second-order valence-corrected chi connectivity index (χ2v) is 4.37. The molecule has 0 aliphatic rings. The van der Waals surface area contributed by atoms with E-state index >= 15 is 0 Å². The Hall–Kier alpha value is -1.66. The number of ether oxygens (including phenoxy) is 1. The van der Waals surface area contributed by atoms with Gasteiger partial charge in [0.25, 0.3) is 0 Å². The molecule has 1 aromatic rings. The van der Waals surface area contributed by atoms with Crippen molar-refractivity contribution >= 4 is 5.84 Å². The van der Waals surface area contributed by atoms with E-state index in [1.807, 2.05) is 7.05 Å². The van der Waals surface area contributed by atoms with Crippen LogP contribution < -0.4 is 5.73 Å². The first-order chi connectivity index (χ1) is 9.08. The Balaban J connectivity index is 2.77. The van der Waals surface area contributed by atoms with Crippen molar-refractivity contribution < 1.29 is 14.3 Å². The number of halogens is 1. The molecule has 0 aromatic heterocycles. The number of oxime groups is 1. The molecule has 0 atom stereocenters. The summed E-state index contributed by atoms with van der Waals surface area (Å²) >= 11 is 0. The van der Waals surface area contributed by atoms with E-state index in [9.17, 15) is 4.39 Å². The Bertz CT molecular complexity index is 438. The minimum absolute atomic E-state index is 0.0835. The zero-order valence-corrected chi connectivity index (χ0v) is 11.3. The van der Waals surface area contributed by atoms with E-state index in [1.165, 1.54) is 12.1 Å². The van der Waals surface area contributed by atoms with Gasteiger partial charge in [0.15, 0.2) is 5.84 Å². The molecule has 0 saturated carbocycles. The van der Waals surface area contributed by atoms with E-state index in [-0.39, 0.29) is 5.84 Å².